The van der Waals surface area contributed by atoms with E-state index < -0.39 is 0 Å². The minimum absolute atomic E-state index is 0.164. The Bertz CT molecular complexity index is 257. The van der Waals surface area contributed by atoms with Gasteiger partial charge in [-0.25, -0.2) is 0 Å². The largest absolute Gasteiger partial charge is 0.338 e. The molecule has 0 bridgehead atoms. The van der Waals surface area contributed by atoms with Crippen molar-refractivity contribution in [2.75, 3.05) is 6.54 Å². The second-order valence-corrected chi connectivity index (χ2v) is 6.42. The zero-order valence-electron chi connectivity index (χ0n) is 12.5. The molecular weight excluding hydrogens is 224 g/mol. The van der Waals surface area contributed by atoms with Crippen molar-refractivity contribution < 1.29 is 4.79 Å². The van der Waals surface area contributed by atoms with E-state index in [0.29, 0.717) is 12.0 Å². The minimum atomic E-state index is -0.335. The van der Waals surface area contributed by atoms with Gasteiger partial charge in [-0.05, 0) is 31.1 Å². The van der Waals surface area contributed by atoms with Gasteiger partial charge in [-0.3, -0.25) is 4.79 Å². The van der Waals surface area contributed by atoms with Crippen LogP contribution >= 0.6 is 0 Å². The fourth-order valence-corrected chi connectivity index (χ4v) is 2.56. The van der Waals surface area contributed by atoms with Crippen molar-refractivity contribution in [1.29, 1.82) is 0 Å². The Labute approximate surface area is 112 Å². The van der Waals surface area contributed by atoms with Gasteiger partial charge in [0.05, 0.1) is 6.04 Å². The summed E-state index contributed by atoms with van der Waals surface area (Å²) in [5.74, 6) is 1.02. The summed E-state index contributed by atoms with van der Waals surface area (Å²) in [4.78, 5) is 14.6. The van der Waals surface area contributed by atoms with E-state index in [1.165, 1.54) is 12.8 Å². The maximum absolute atomic E-state index is 12.5. The lowest BCUT2D eigenvalue weighted by Gasteiger charge is -2.33. The third-order valence-corrected chi connectivity index (χ3v) is 4.00. The first kappa shape index (κ1) is 15.5. The standard InChI is InChI=1S/C15H30N2O/c1-11(2)9-10-17(13-7-5-6-8-13)15(18)14(16)12(3)4/h11-14H,5-10,16H2,1-4H3/t14-/m1/s1. The molecule has 1 amide bonds. The molecule has 3 nitrogen and oxygen atoms in total. The van der Waals surface area contributed by atoms with E-state index in [1.807, 2.05) is 13.8 Å². The number of hydrogen-bond donors (Lipinski definition) is 1. The highest BCUT2D eigenvalue weighted by molar-refractivity contribution is 5.82. The molecule has 1 rings (SSSR count). The van der Waals surface area contributed by atoms with Crippen LogP contribution in [-0.2, 0) is 4.79 Å². The fourth-order valence-electron chi connectivity index (χ4n) is 2.56. The van der Waals surface area contributed by atoms with Crippen LogP contribution in [-0.4, -0.2) is 29.4 Å². The van der Waals surface area contributed by atoms with Crippen LogP contribution in [0.3, 0.4) is 0 Å². The SMILES string of the molecule is CC(C)CCN(C(=O)[C@H](N)C(C)C)C1CCCC1. The number of amides is 1. The molecule has 1 fully saturated rings. The summed E-state index contributed by atoms with van der Waals surface area (Å²) in [5, 5.41) is 0. The molecule has 106 valence electrons. The number of nitrogens with zero attached hydrogens (tertiary/aromatic N) is 1. The average molecular weight is 254 g/mol. The Morgan fingerprint density at radius 1 is 1.22 bits per heavy atom. The summed E-state index contributed by atoms with van der Waals surface area (Å²) < 4.78 is 0. The number of carbonyl (C=O) groups excluding carboxylic acids is 1. The van der Waals surface area contributed by atoms with Gasteiger partial charge in [0.1, 0.15) is 0 Å². The average Bonchev–Trinajstić information content (AvgIpc) is 2.81. The quantitative estimate of drug-likeness (QED) is 0.792. The van der Waals surface area contributed by atoms with Crippen molar-refractivity contribution >= 4 is 5.91 Å². The molecule has 0 aromatic rings. The summed E-state index contributed by atoms with van der Waals surface area (Å²) in [5.41, 5.74) is 6.04. The molecule has 0 aromatic carbocycles. The molecule has 1 saturated carbocycles. The molecule has 3 heteroatoms. The monoisotopic (exact) mass is 254 g/mol. The first-order chi connectivity index (χ1) is 8.43. The van der Waals surface area contributed by atoms with Gasteiger partial charge in [-0.15, -0.1) is 0 Å². The van der Waals surface area contributed by atoms with E-state index in [1.54, 1.807) is 0 Å². The molecular formula is C15H30N2O. The Morgan fingerprint density at radius 3 is 2.22 bits per heavy atom. The number of hydrogen-bond acceptors (Lipinski definition) is 2. The number of nitrogens with two attached hydrogens (primary N) is 1. The molecule has 0 unspecified atom stereocenters. The van der Waals surface area contributed by atoms with Crippen LogP contribution in [0.1, 0.15) is 59.8 Å². The van der Waals surface area contributed by atoms with Crippen molar-refractivity contribution in [3.8, 4) is 0 Å². The lowest BCUT2D eigenvalue weighted by atomic mass is 10.0. The zero-order chi connectivity index (χ0) is 13.7. The summed E-state index contributed by atoms with van der Waals surface area (Å²) in [7, 11) is 0. The van der Waals surface area contributed by atoms with Gasteiger partial charge >= 0.3 is 0 Å². The van der Waals surface area contributed by atoms with Crippen LogP contribution in [0.2, 0.25) is 0 Å². The van der Waals surface area contributed by atoms with Gasteiger partial charge in [0.25, 0.3) is 0 Å². The highest BCUT2D eigenvalue weighted by Gasteiger charge is 2.30. The van der Waals surface area contributed by atoms with E-state index in [4.69, 9.17) is 5.73 Å². The van der Waals surface area contributed by atoms with Crippen molar-refractivity contribution in [3.05, 3.63) is 0 Å². The minimum Gasteiger partial charge on any atom is -0.338 e. The summed E-state index contributed by atoms with van der Waals surface area (Å²) in [6.45, 7) is 9.34. The van der Waals surface area contributed by atoms with Crippen molar-refractivity contribution in [1.82, 2.24) is 4.90 Å². The van der Waals surface area contributed by atoms with Crippen LogP contribution in [0, 0.1) is 11.8 Å². The van der Waals surface area contributed by atoms with Gasteiger partial charge < -0.3 is 10.6 Å². The van der Waals surface area contributed by atoms with E-state index in [2.05, 4.69) is 18.7 Å². The molecule has 1 aliphatic carbocycles. The van der Waals surface area contributed by atoms with Gasteiger partial charge in [-0.1, -0.05) is 40.5 Å². The highest BCUT2D eigenvalue weighted by atomic mass is 16.2. The molecule has 0 aliphatic heterocycles. The van der Waals surface area contributed by atoms with Gasteiger partial charge in [0.2, 0.25) is 5.91 Å². The number of rotatable bonds is 6. The van der Waals surface area contributed by atoms with Crippen LogP contribution < -0.4 is 5.73 Å². The van der Waals surface area contributed by atoms with Crippen LogP contribution in [0.25, 0.3) is 0 Å². The van der Waals surface area contributed by atoms with E-state index in [-0.39, 0.29) is 17.9 Å². The Balaban J connectivity index is 2.66. The molecule has 0 saturated heterocycles. The first-order valence-electron chi connectivity index (χ1n) is 7.49. The smallest absolute Gasteiger partial charge is 0.239 e. The first-order valence-corrected chi connectivity index (χ1v) is 7.49. The van der Waals surface area contributed by atoms with Crippen LogP contribution in [0.15, 0.2) is 0 Å². The molecule has 1 atom stereocenters. The fraction of sp³-hybridized carbons (Fsp3) is 0.933. The van der Waals surface area contributed by atoms with E-state index in [9.17, 15) is 4.79 Å². The zero-order valence-corrected chi connectivity index (χ0v) is 12.5. The molecule has 0 spiro atoms. The second kappa shape index (κ2) is 7.13. The lowest BCUT2D eigenvalue weighted by Crippen LogP contribution is -2.50. The predicted molar refractivity (Wildman–Crippen MR) is 76.2 cm³/mol. The molecule has 2 N–H and O–H groups in total. The van der Waals surface area contributed by atoms with Crippen molar-refractivity contribution in [2.45, 2.75) is 71.9 Å². The molecule has 0 radical (unpaired) electrons. The summed E-state index contributed by atoms with van der Waals surface area (Å²) in [6, 6.07) is 0.110. The van der Waals surface area contributed by atoms with Crippen LogP contribution in [0.4, 0.5) is 0 Å². The van der Waals surface area contributed by atoms with E-state index >= 15 is 0 Å². The van der Waals surface area contributed by atoms with E-state index in [0.717, 1.165) is 25.8 Å². The summed E-state index contributed by atoms with van der Waals surface area (Å²) in [6.07, 6.45) is 5.91. The Kier molecular flexibility index (Phi) is 6.13. The van der Waals surface area contributed by atoms with Gasteiger partial charge in [0.15, 0.2) is 0 Å². The Hall–Kier alpha value is -0.570. The molecule has 0 heterocycles. The highest BCUT2D eigenvalue weighted by Crippen LogP contribution is 2.25. The van der Waals surface area contributed by atoms with Crippen molar-refractivity contribution in [3.63, 3.8) is 0 Å². The molecule has 0 aromatic heterocycles. The normalized spacial score (nSPS) is 18.6. The van der Waals surface area contributed by atoms with Crippen molar-refractivity contribution in [2.24, 2.45) is 17.6 Å². The Morgan fingerprint density at radius 2 is 1.78 bits per heavy atom. The molecule has 1 aliphatic rings. The number of carbonyl (C=O) groups is 1. The van der Waals surface area contributed by atoms with Gasteiger partial charge in [0, 0.05) is 12.6 Å². The predicted octanol–water partition coefficient (Wildman–Crippen LogP) is 2.79. The molecule has 18 heavy (non-hydrogen) atoms. The van der Waals surface area contributed by atoms with Gasteiger partial charge in [-0.2, -0.15) is 0 Å². The second-order valence-electron chi connectivity index (χ2n) is 6.42. The maximum Gasteiger partial charge on any atom is 0.239 e. The summed E-state index contributed by atoms with van der Waals surface area (Å²) >= 11 is 0. The maximum atomic E-state index is 12.5. The lowest BCUT2D eigenvalue weighted by molar-refractivity contribution is -0.136. The third kappa shape index (κ3) is 4.27. The third-order valence-electron chi connectivity index (χ3n) is 4.00. The van der Waals surface area contributed by atoms with Crippen LogP contribution in [0.5, 0.6) is 0 Å². The topological polar surface area (TPSA) is 46.3 Å².